The monoisotopic (exact) mass is 419 g/mol. The van der Waals surface area contributed by atoms with E-state index in [4.69, 9.17) is 4.42 Å². The molecule has 0 saturated carbocycles. The van der Waals surface area contributed by atoms with Crippen LogP contribution in [0.1, 0.15) is 43.7 Å². The van der Waals surface area contributed by atoms with Crippen molar-refractivity contribution >= 4 is 17.5 Å². The molecule has 1 unspecified atom stereocenters. The zero-order valence-corrected chi connectivity index (χ0v) is 18.3. The maximum atomic E-state index is 12.5. The Labute approximate surface area is 183 Å². The minimum Gasteiger partial charge on any atom is -0.441 e. The van der Waals surface area contributed by atoms with Crippen molar-refractivity contribution in [1.29, 1.82) is 0 Å². The average Bonchev–Trinajstić information content (AvgIpc) is 3.13. The highest BCUT2D eigenvalue weighted by Crippen LogP contribution is 2.29. The maximum Gasteiger partial charge on any atom is 0.228 e. The van der Waals surface area contributed by atoms with Gasteiger partial charge >= 0.3 is 0 Å². The number of benzene rings is 2. The Morgan fingerprint density at radius 3 is 2.48 bits per heavy atom. The number of hydrogen-bond acceptors (Lipinski definition) is 4. The van der Waals surface area contributed by atoms with Gasteiger partial charge in [-0.1, -0.05) is 62.7 Å². The lowest BCUT2D eigenvalue weighted by Crippen LogP contribution is -2.24. The molecule has 31 heavy (non-hydrogen) atoms. The third-order valence-electron chi connectivity index (χ3n) is 5.22. The smallest absolute Gasteiger partial charge is 0.228 e. The lowest BCUT2D eigenvalue weighted by atomic mass is 10.1. The average molecular weight is 420 g/mol. The fourth-order valence-corrected chi connectivity index (χ4v) is 3.18. The number of oxazole rings is 1. The van der Waals surface area contributed by atoms with E-state index < -0.39 is 0 Å². The van der Waals surface area contributed by atoms with E-state index in [1.807, 2.05) is 61.5 Å². The molecule has 6 heteroatoms. The number of nitrogens with zero attached hydrogens (tertiary/aromatic N) is 1. The van der Waals surface area contributed by atoms with E-state index in [1.54, 1.807) is 0 Å². The molecule has 0 aliphatic heterocycles. The van der Waals surface area contributed by atoms with Gasteiger partial charge in [-0.05, 0) is 30.5 Å². The summed E-state index contributed by atoms with van der Waals surface area (Å²) in [5, 5.41) is 5.87. The first-order chi connectivity index (χ1) is 15.0. The number of anilines is 1. The number of nitrogens with one attached hydrogen (secondary N) is 2. The van der Waals surface area contributed by atoms with Gasteiger partial charge in [-0.3, -0.25) is 9.59 Å². The first kappa shape index (κ1) is 22.3. The van der Waals surface area contributed by atoms with Crippen LogP contribution in [-0.2, 0) is 22.6 Å². The number of carbonyl (C=O) groups excluding carboxylic acids is 2. The van der Waals surface area contributed by atoms with E-state index in [9.17, 15) is 9.59 Å². The quantitative estimate of drug-likeness (QED) is 0.517. The SMILES string of the molecule is CCC(C)CC(=O)NCc1nc(-c2ccccc2NC(=O)Cc2ccccc2)oc1C. The van der Waals surface area contributed by atoms with Crippen molar-refractivity contribution < 1.29 is 14.0 Å². The summed E-state index contributed by atoms with van der Waals surface area (Å²) < 4.78 is 5.86. The van der Waals surface area contributed by atoms with E-state index in [0.717, 1.165) is 12.0 Å². The van der Waals surface area contributed by atoms with Crippen molar-refractivity contribution in [2.24, 2.45) is 5.92 Å². The molecule has 0 fully saturated rings. The number of aromatic nitrogens is 1. The van der Waals surface area contributed by atoms with E-state index >= 15 is 0 Å². The number of para-hydroxylation sites is 1. The predicted octanol–water partition coefficient (Wildman–Crippen LogP) is 4.88. The second-order valence-electron chi connectivity index (χ2n) is 7.77. The molecule has 0 aliphatic rings. The molecule has 2 N–H and O–H groups in total. The minimum atomic E-state index is -0.112. The zero-order valence-electron chi connectivity index (χ0n) is 18.3. The molecule has 0 radical (unpaired) electrons. The van der Waals surface area contributed by atoms with Crippen LogP contribution in [-0.4, -0.2) is 16.8 Å². The Hall–Kier alpha value is -3.41. The Morgan fingerprint density at radius 2 is 1.74 bits per heavy atom. The standard InChI is InChI=1S/C25H29N3O3/c1-4-17(2)14-23(29)26-16-22-18(3)31-25(28-22)20-12-8-9-13-21(20)27-24(30)15-19-10-6-5-7-11-19/h5-13,17H,4,14-16H2,1-3H3,(H,26,29)(H,27,30). The van der Waals surface area contributed by atoms with Crippen LogP contribution in [0.15, 0.2) is 59.0 Å². The summed E-state index contributed by atoms with van der Waals surface area (Å²) in [4.78, 5) is 29.2. The van der Waals surface area contributed by atoms with Gasteiger partial charge in [0.2, 0.25) is 17.7 Å². The molecule has 3 aromatic rings. The maximum absolute atomic E-state index is 12.5. The van der Waals surface area contributed by atoms with Crippen LogP contribution < -0.4 is 10.6 Å². The van der Waals surface area contributed by atoms with Gasteiger partial charge in [-0.15, -0.1) is 0 Å². The molecule has 0 aliphatic carbocycles. The molecule has 6 nitrogen and oxygen atoms in total. The summed E-state index contributed by atoms with van der Waals surface area (Å²) in [6.45, 7) is 6.26. The van der Waals surface area contributed by atoms with Gasteiger partial charge in [-0.2, -0.15) is 0 Å². The topological polar surface area (TPSA) is 84.2 Å². The van der Waals surface area contributed by atoms with Crippen LogP contribution in [0.25, 0.3) is 11.5 Å². The van der Waals surface area contributed by atoms with Crippen molar-refractivity contribution in [3.8, 4) is 11.5 Å². The Kier molecular flexibility index (Phi) is 7.60. The fraction of sp³-hybridized carbons (Fsp3) is 0.320. The lowest BCUT2D eigenvalue weighted by molar-refractivity contribution is -0.122. The first-order valence-corrected chi connectivity index (χ1v) is 10.6. The van der Waals surface area contributed by atoms with Crippen molar-refractivity contribution in [3.05, 3.63) is 71.6 Å². The molecule has 0 saturated heterocycles. The molecule has 2 amide bonds. The van der Waals surface area contributed by atoms with E-state index in [0.29, 0.717) is 47.5 Å². The summed E-state index contributed by atoms with van der Waals surface area (Å²) in [6, 6.07) is 17.0. The van der Waals surface area contributed by atoms with Gasteiger partial charge in [0.25, 0.3) is 0 Å². The van der Waals surface area contributed by atoms with Crippen molar-refractivity contribution in [2.75, 3.05) is 5.32 Å². The Morgan fingerprint density at radius 1 is 1.03 bits per heavy atom. The highest BCUT2D eigenvalue weighted by molar-refractivity contribution is 5.95. The van der Waals surface area contributed by atoms with Crippen molar-refractivity contribution in [2.45, 2.75) is 46.6 Å². The molecule has 1 aromatic heterocycles. The molecule has 3 rings (SSSR count). The fourth-order valence-electron chi connectivity index (χ4n) is 3.18. The number of aryl methyl sites for hydroxylation is 1. The molecule has 2 aromatic carbocycles. The lowest BCUT2D eigenvalue weighted by Gasteiger charge is -2.09. The molecule has 1 atom stereocenters. The van der Waals surface area contributed by atoms with Gasteiger partial charge in [0.15, 0.2) is 0 Å². The third-order valence-corrected chi connectivity index (χ3v) is 5.22. The van der Waals surface area contributed by atoms with Gasteiger partial charge < -0.3 is 15.1 Å². The van der Waals surface area contributed by atoms with Crippen molar-refractivity contribution in [1.82, 2.24) is 10.3 Å². The Balaban J connectivity index is 1.70. The van der Waals surface area contributed by atoms with E-state index in [1.165, 1.54) is 0 Å². The molecule has 0 bridgehead atoms. The largest absolute Gasteiger partial charge is 0.441 e. The number of rotatable bonds is 9. The zero-order chi connectivity index (χ0) is 22.2. The summed E-state index contributed by atoms with van der Waals surface area (Å²) in [5.41, 5.74) is 2.96. The molecular formula is C25H29N3O3. The van der Waals surface area contributed by atoms with Gasteiger partial charge in [0.1, 0.15) is 11.5 Å². The molecule has 1 heterocycles. The van der Waals surface area contributed by atoms with Crippen LogP contribution in [0.3, 0.4) is 0 Å². The highest BCUT2D eigenvalue weighted by atomic mass is 16.4. The number of hydrogen-bond donors (Lipinski definition) is 2. The van der Waals surface area contributed by atoms with Gasteiger partial charge in [0.05, 0.1) is 24.2 Å². The number of carbonyl (C=O) groups is 2. The van der Waals surface area contributed by atoms with Gasteiger partial charge in [-0.25, -0.2) is 4.98 Å². The van der Waals surface area contributed by atoms with Crippen LogP contribution in [0, 0.1) is 12.8 Å². The first-order valence-electron chi connectivity index (χ1n) is 10.6. The summed E-state index contributed by atoms with van der Waals surface area (Å²) in [5.74, 6) is 1.30. The van der Waals surface area contributed by atoms with Crippen LogP contribution >= 0.6 is 0 Å². The number of amides is 2. The third kappa shape index (κ3) is 6.28. The van der Waals surface area contributed by atoms with Gasteiger partial charge in [0, 0.05) is 6.42 Å². The molecule has 0 spiro atoms. The van der Waals surface area contributed by atoms with Crippen LogP contribution in [0.2, 0.25) is 0 Å². The van der Waals surface area contributed by atoms with Crippen molar-refractivity contribution in [3.63, 3.8) is 0 Å². The summed E-state index contributed by atoms with van der Waals surface area (Å²) in [6.07, 6.45) is 1.75. The van der Waals surface area contributed by atoms with Crippen LogP contribution in [0.5, 0.6) is 0 Å². The minimum absolute atomic E-state index is 0.00637. The van der Waals surface area contributed by atoms with Crippen LogP contribution in [0.4, 0.5) is 5.69 Å². The normalized spacial score (nSPS) is 11.7. The summed E-state index contributed by atoms with van der Waals surface area (Å²) >= 11 is 0. The Bertz CT molecular complexity index is 1030. The van der Waals surface area contributed by atoms with E-state index in [2.05, 4.69) is 29.5 Å². The molecular weight excluding hydrogens is 390 g/mol. The summed E-state index contributed by atoms with van der Waals surface area (Å²) in [7, 11) is 0. The molecule has 162 valence electrons. The second-order valence-corrected chi connectivity index (χ2v) is 7.77. The predicted molar refractivity (Wildman–Crippen MR) is 121 cm³/mol. The second kappa shape index (κ2) is 10.6. The highest BCUT2D eigenvalue weighted by Gasteiger charge is 2.17. The van der Waals surface area contributed by atoms with E-state index in [-0.39, 0.29) is 18.2 Å².